The van der Waals surface area contributed by atoms with Gasteiger partial charge < -0.3 is 10.4 Å². The summed E-state index contributed by atoms with van der Waals surface area (Å²) in [4.78, 5) is 22.5. The normalized spacial score (nSPS) is 12.1. The minimum atomic E-state index is -4.61. The number of nitrogens with one attached hydrogen (secondary N) is 2. The van der Waals surface area contributed by atoms with Crippen molar-refractivity contribution in [3.63, 3.8) is 0 Å². The number of hydrogen-bond donors (Lipinski definition) is 3. The quantitative estimate of drug-likeness (QED) is 0.770. The van der Waals surface area contributed by atoms with Crippen molar-refractivity contribution >= 4 is 17.8 Å². The van der Waals surface area contributed by atoms with Crippen LogP contribution in [0.3, 0.4) is 0 Å². The molecule has 1 aromatic heterocycles. The van der Waals surface area contributed by atoms with Crippen LogP contribution >= 0.6 is 0 Å². The lowest BCUT2D eigenvalue weighted by atomic mass is 9.99. The summed E-state index contributed by atoms with van der Waals surface area (Å²) in [5.41, 5.74) is -2.10. The monoisotopic (exact) mass is 336 g/mol. The minimum absolute atomic E-state index is 0.0798. The number of urea groups is 1. The second kappa shape index (κ2) is 6.47. The molecule has 0 radical (unpaired) electrons. The Labute approximate surface area is 130 Å². The number of carboxylic acids is 1. The largest absolute Gasteiger partial charge is 0.481 e. The molecule has 0 spiro atoms. The molecule has 0 atom stereocenters. The Kier molecular flexibility index (Phi) is 5.28. The average Bonchev–Trinajstić information content (AvgIpc) is 2.63. The fraction of sp³-hybridized carbons (Fsp3) is 0.615. The van der Waals surface area contributed by atoms with Crippen molar-refractivity contribution in [1.29, 1.82) is 0 Å². The number of aryl methyl sites for hydroxylation is 1. The highest BCUT2D eigenvalue weighted by Gasteiger charge is 2.37. The molecular formula is C13H19F3N4O3. The van der Waals surface area contributed by atoms with Gasteiger partial charge in [0.15, 0.2) is 5.69 Å². The predicted octanol–water partition coefficient (Wildman–Crippen LogP) is 2.51. The molecule has 0 bridgehead atoms. The van der Waals surface area contributed by atoms with Gasteiger partial charge in [-0.15, -0.1) is 0 Å². The molecule has 10 heteroatoms. The molecule has 0 aliphatic rings. The van der Waals surface area contributed by atoms with Crippen LogP contribution in [0.5, 0.6) is 0 Å². The highest BCUT2D eigenvalue weighted by atomic mass is 19.4. The van der Waals surface area contributed by atoms with Gasteiger partial charge in [-0.1, -0.05) is 0 Å². The van der Waals surface area contributed by atoms with Crippen LogP contribution in [-0.2, 0) is 18.0 Å². The Balaban J connectivity index is 2.82. The van der Waals surface area contributed by atoms with Gasteiger partial charge in [-0.3, -0.25) is 14.8 Å². The number of carbonyl (C=O) groups excluding carboxylic acids is 1. The number of carboxylic acid groups (broad SMARTS) is 1. The Hall–Kier alpha value is -2.26. The second-order valence-corrected chi connectivity index (χ2v) is 5.80. The van der Waals surface area contributed by atoms with Gasteiger partial charge in [0, 0.05) is 24.6 Å². The van der Waals surface area contributed by atoms with Crippen LogP contribution in [0.15, 0.2) is 0 Å². The summed E-state index contributed by atoms with van der Waals surface area (Å²) in [6, 6.07) is -0.736. The Bertz CT molecular complexity index is 608. The van der Waals surface area contributed by atoms with Crippen LogP contribution in [0.1, 0.15) is 37.9 Å². The van der Waals surface area contributed by atoms with E-state index < -0.39 is 29.4 Å². The molecule has 0 saturated heterocycles. The SMILES string of the molecule is Cc1c(C(F)(F)F)nn(C)c1NC(=O)NC(C)(C)CCC(=O)O. The van der Waals surface area contributed by atoms with E-state index in [1.165, 1.54) is 14.0 Å². The van der Waals surface area contributed by atoms with E-state index in [9.17, 15) is 22.8 Å². The lowest BCUT2D eigenvalue weighted by Crippen LogP contribution is -2.46. The maximum absolute atomic E-state index is 12.8. The maximum atomic E-state index is 12.8. The topological polar surface area (TPSA) is 96.3 Å². The zero-order valence-electron chi connectivity index (χ0n) is 13.2. The molecule has 0 aromatic carbocycles. The fourth-order valence-electron chi connectivity index (χ4n) is 2.00. The third-order valence-corrected chi connectivity index (χ3v) is 3.20. The van der Waals surface area contributed by atoms with E-state index in [0.29, 0.717) is 0 Å². The molecule has 3 N–H and O–H groups in total. The summed E-state index contributed by atoms with van der Waals surface area (Å²) in [6.45, 7) is 4.44. The molecule has 23 heavy (non-hydrogen) atoms. The number of aromatic nitrogens is 2. The number of rotatable bonds is 5. The van der Waals surface area contributed by atoms with Gasteiger partial charge in [-0.2, -0.15) is 18.3 Å². The Morgan fingerprint density at radius 2 is 1.87 bits per heavy atom. The number of aliphatic carboxylic acids is 1. The van der Waals surface area contributed by atoms with Crippen LogP contribution in [-0.4, -0.2) is 32.4 Å². The summed E-state index contributed by atoms with van der Waals surface area (Å²) in [7, 11) is 1.29. The number of nitrogens with zero attached hydrogens (tertiary/aromatic N) is 2. The van der Waals surface area contributed by atoms with Gasteiger partial charge in [-0.25, -0.2) is 4.79 Å². The molecule has 130 valence electrons. The third kappa shape index (κ3) is 5.15. The van der Waals surface area contributed by atoms with Gasteiger partial charge in [0.05, 0.1) is 0 Å². The van der Waals surface area contributed by atoms with Crippen LogP contribution in [0.4, 0.5) is 23.8 Å². The van der Waals surface area contributed by atoms with Crippen molar-refractivity contribution in [2.45, 2.75) is 45.3 Å². The first-order valence-electron chi connectivity index (χ1n) is 6.75. The van der Waals surface area contributed by atoms with E-state index in [1.54, 1.807) is 13.8 Å². The first kappa shape index (κ1) is 18.8. The molecule has 0 fully saturated rings. The van der Waals surface area contributed by atoms with Crippen molar-refractivity contribution in [3.8, 4) is 0 Å². The van der Waals surface area contributed by atoms with Crippen molar-refractivity contribution in [1.82, 2.24) is 15.1 Å². The molecule has 1 aromatic rings. The van der Waals surface area contributed by atoms with Crippen LogP contribution < -0.4 is 10.6 Å². The van der Waals surface area contributed by atoms with Crippen molar-refractivity contribution < 1.29 is 27.9 Å². The van der Waals surface area contributed by atoms with Gasteiger partial charge >= 0.3 is 18.2 Å². The smallest absolute Gasteiger partial charge is 0.435 e. The molecule has 0 unspecified atom stereocenters. The average molecular weight is 336 g/mol. The van der Waals surface area contributed by atoms with Crippen LogP contribution in [0.2, 0.25) is 0 Å². The molecule has 0 aliphatic carbocycles. The van der Waals surface area contributed by atoms with E-state index in [0.717, 1.165) is 4.68 Å². The predicted molar refractivity (Wildman–Crippen MR) is 76.1 cm³/mol. The summed E-state index contributed by atoms with van der Waals surface area (Å²) in [5.74, 6) is -1.08. The van der Waals surface area contributed by atoms with E-state index in [1.807, 2.05) is 0 Å². The molecule has 0 saturated carbocycles. The minimum Gasteiger partial charge on any atom is -0.481 e. The lowest BCUT2D eigenvalue weighted by molar-refractivity contribution is -0.142. The summed E-state index contributed by atoms with van der Waals surface area (Å²) >= 11 is 0. The standard InChI is InChI=1S/C13H19F3N4O3/c1-7-9(13(14,15)16)19-20(4)10(7)17-11(23)18-12(2,3)6-5-8(21)22/h5-6H2,1-4H3,(H,21,22)(H2,17,18,23). The number of alkyl halides is 3. The summed E-state index contributed by atoms with van der Waals surface area (Å²) < 4.78 is 39.2. The van der Waals surface area contributed by atoms with E-state index in [4.69, 9.17) is 5.11 Å². The second-order valence-electron chi connectivity index (χ2n) is 5.80. The van der Waals surface area contributed by atoms with Crippen LogP contribution in [0, 0.1) is 6.92 Å². The first-order chi connectivity index (χ1) is 10.3. The molecule has 2 amide bonds. The highest BCUT2D eigenvalue weighted by Crippen LogP contribution is 2.33. The zero-order chi connectivity index (χ0) is 18.0. The number of halogens is 3. The number of amides is 2. The lowest BCUT2D eigenvalue weighted by Gasteiger charge is -2.25. The first-order valence-corrected chi connectivity index (χ1v) is 6.75. The fourth-order valence-corrected chi connectivity index (χ4v) is 2.00. The number of carbonyl (C=O) groups is 2. The Morgan fingerprint density at radius 3 is 2.30 bits per heavy atom. The van der Waals surface area contributed by atoms with E-state index in [2.05, 4.69) is 15.7 Å². The zero-order valence-corrected chi connectivity index (χ0v) is 13.2. The van der Waals surface area contributed by atoms with Crippen molar-refractivity contribution in [2.24, 2.45) is 7.05 Å². The molecule has 1 rings (SSSR count). The van der Waals surface area contributed by atoms with Crippen molar-refractivity contribution in [2.75, 3.05) is 5.32 Å². The number of anilines is 1. The van der Waals surface area contributed by atoms with E-state index in [-0.39, 0.29) is 24.2 Å². The molecule has 1 heterocycles. The van der Waals surface area contributed by atoms with Crippen LogP contribution in [0.25, 0.3) is 0 Å². The van der Waals surface area contributed by atoms with Crippen molar-refractivity contribution in [3.05, 3.63) is 11.3 Å². The van der Waals surface area contributed by atoms with Gasteiger partial charge in [-0.05, 0) is 27.2 Å². The van der Waals surface area contributed by atoms with Gasteiger partial charge in [0.25, 0.3) is 0 Å². The highest BCUT2D eigenvalue weighted by molar-refractivity contribution is 5.89. The van der Waals surface area contributed by atoms with Gasteiger partial charge in [0.2, 0.25) is 0 Å². The van der Waals surface area contributed by atoms with Gasteiger partial charge in [0.1, 0.15) is 5.82 Å². The Morgan fingerprint density at radius 1 is 1.30 bits per heavy atom. The molecular weight excluding hydrogens is 317 g/mol. The maximum Gasteiger partial charge on any atom is 0.435 e. The third-order valence-electron chi connectivity index (χ3n) is 3.20. The molecule has 7 nitrogen and oxygen atoms in total. The molecule has 0 aliphatic heterocycles. The summed E-state index contributed by atoms with van der Waals surface area (Å²) in [5, 5.41) is 16.9. The summed E-state index contributed by atoms with van der Waals surface area (Å²) in [6.07, 6.45) is -4.58. The van der Waals surface area contributed by atoms with E-state index >= 15 is 0 Å². The number of hydrogen-bond acceptors (Lipinski definition) is 3.